The summed E-state index contributed by atoms with van der Waals surface area (Å²) in [6.07, 6.45) is 0.743. The van der Waals surface area contributed by atoms with Crippen LogP contribution >= 0.6 is 0 Å². The first-order valence-corrected chi connectivity index (χ1v) is 12.5. The number of hydrogen-bond donors (Lipinski definition) is 5. The lowest BCUT2D eigenvalue weighted by Gasteiger charge is -2.50. The van der Waals surface area contributed by atoms with Crippen molar-refractivity contribution in [2.24, 2.45) is 17.6 Å². The SMILES string of the molecule is COc1ccc(-c2ccc(O)c3c2CC2CC4C(N(C)C)C(O)=C(C(N)=O)C(=O)C4(O)C(O)=C2C3=O)cc1C=O. The van der Waals surface area contributed by atoms with Gasteiger partial charge < -0.3 is 30.9 Å². The summed E-state index contributed by atoms with van der Waals surface area (Å²) in [5, 5.41) is 44.7. The number of primary amides is 1. The third-order valence-electron chi connectivity index (χ3n) is 8.27. The Morgan fingerprint density at radius 1 is 1.15 bits per heavy atom. The number of amides is 1. The first-order valence-electron chi connectivity index (χ1n) is 12.5. The monoisotopic (exact) mass is 548 g/mol. The summed E-state index contributed by atoms with van der Waals surface area (Å²) in [6, 6.07) is 6.77. The fourth-order valence-electron chi connectivity index (χ4n) is 6.52. The number of carbonyl (C=O) groups excluding carboxylic acids is 4. The van der Waals surface area contributed by atoms with Gasteiger partial charge in [0.15, 0.2) is 17.7 Å². The minimum absolute atomic E-state index is 0.0247. The van der Waals surface area contributed by atoms with Gasteiger partial charge in [-0.2, -0.15) is 0 Å². The Kier molecular flexibility index (Phi) is 6.31. The van der Waals surface area contributed by atoms with Gasteiger partial charge in [0, 0.05) is 11.5 Å². The molecule has 11 heteroatoms. The lowest BCUT2D eigenvalue weighted by molar-refractivity contribution is -0.148. The summed E-state index contributed by atoms with van der Waals surface area (Å²) < 4.78 is 5.22. The Labute approximate surface area is 228 Å². The highest BCUT2D eigenvalue weighted by atomic mass is 16.5. The largest absolute Gasteiger partial charge is 0.510 e. The standard InChI is InChI=1S/C29H28N2O9/c1-31(2)23-17-10-13-9-16-15(12-4-7-19(40-3)14(8-12)11-32)5-6-18(33)21(16)24(34)20(13)26(36)29(17,39)27(37)22(25(23)35)28(30)38/h4-8,11,13,17,23,33,35-36,39H,9-10H2,1-3H3,(H2,30,38). The van der Waals surface area contributed by atoms with Crippen LogP contribution in [-0.2, 0) is 16.0 Å². The molecule has 2 aromatic carbocycles. The number of ketones is 2. The van der Waals surface area contributed by atoms with Gasteiger partial charge in [-0.1, -0.05) is 12.1 Å². The van der Waals surface area contributed by atoms with E-state index in [0.717, 1.165) is 0 Å². The zero-order valence-electron chi connectivity index (χ0n) is 22.0. The molecule has 0 aliphatic heterocycles. The van der Waals surface area contributed by atoms with E-state index in [4.69, 9.17) is 10.5 Å². The van der Waals surface area contributed by atoms with Crippen LogP contribution in [0.1, 0.15) is 32.7 Å². The van der Waals surface area contributed by atoms with E-state index in [1.54, 1.807) is 38.4 Å². The fraction of sp³-hybridized carbons (Fsp3) is 0.310. The number of likely N-dealkylation sites (N-methyl/N-ethyl adjacent to an activating group) is 1. The summed E-state index contributed by atoms with van der Waals surface area (Å²) in [5.41, 5.74) is 3.34. The van der Waals surface area contributed by atoms with Gasteiger partial charge in [-0.3, -0.25) is 24.1 Å². The lowest BCUT2D eigenvalue weighted by atomic mass is 9.58. The molecule has 2 aromatic rings. The molecular weight excluding hydrogens is 520 g/mol. The number of rotatable bonds is 5. The number of phenolic OH excluding ortho intramolecular Hbond substituents is 1. The molecule has 208 valence electrons. The number of nitrogens with zero attached hydrogens (tertiary/aromatic N) is 1. The van der Waals surface area contributed by atoms with Crippen molar-refractivity contribution in [1.29, 1.82) is 0 Å². The summed E-state index contributed by atoms with van der Waals surface area (Å²) in [4.78, 5) is 52.5. The van der Waals surface area contributed by atoms with Gasteiger partial charge in [0.2, 0.25) is 5.78 Å². The topological polar surface area (TPSA) is 188 Å². The number of aliphatic hydroxyl groups is 3. The molecule has 3 aliphatic carbocycles. The van der Waals surface area contributed by atoms with Crippen molar-refractivity contribution < 1.29 is 44.3 Å². The molecule has 5 rings (SSSR count). The van der Waals surface area contributed by atoms with Crippen molar-refractivity contribution in [3.05, 3.63) is 69.7 Å². The molecule has 0 bridgehead atoms. The number of ether oxygens (including phenoxy) is 1. The van der Waals surface area contributed by atoms with Gasteiger partial charge in [0.25, 0.3) is 5.91 Å². The molecule has 4 unspecified atom stereocenters. The van der Waals surface area contributed by atoms with Crippen molar-refractivity contribution in [2.75, 3.05) is 21.2 Å². The van der Waals surface area contributed by atoms with Crippen LogP contribution in [0, 0.1) is 11.8 Å². The third-order valence-corrected chi connectivity index (χ3v) is 8.27. The van der Waals surface area contributed by atoms with E-state index in [1.165, 1.54) is 18.1 Å². The number of benzene rings is 2. The average molecular weight is 549 g/mol. The van der Waals surface area contributed by atoms with Crippen LogP contribution in [0.4, 0.5) is 0 Å². The minimum atomic E-state index is -2.70. The highest BCUT2D eigenvalue weighted by Crippen LogP contribution is 2.53. The number of aldehydes is 1. The van der Waals surface area contributed by atoms with Crippen molar-refractivity contribution in [3.63, 3.8) is 0 Å². The maximum atomic E-state index is 13.9. The molecule has 0 spiro atoms. The number of carbonyl (C=O) groups is 4. The number of fused-ring (bicyclic) bond motifs is 3. The zero-order valence-corrected chi connectivity index (χ0v) is 22.0. The van der Waals surface area contributed by atoms with Gasteiger partial charge >= 0.3 is 0 Å². The predicted molar refractivity (Wildman–Crippen MR) is 141 cm³/mol. The van der Waals surface area contributed by atoms with E-state index in [2.05, 4.69) is 0 Å². The van der Waals surface area contributed by atoms with Crippen LogP contribution in [-0.4, -0.2) is 81.9 Å². The highest BCUT2D eigenvalue weighted by molar-refractivity contribution is 6.25. The highest BCUT2D eigenvalue weighted by Gasteiger charge is 2.63. The van der Waals surface area contributed by atoms with Crippen LogP contribution in [0.25, 0.3) is 11.1 Å². The Balaban J connectivity index is 1.71. The van der Waals surface area contributed by atoms with Crippen molar-refractivity contribution in [2.45, 2.75) is 24.5 Å². The molecular formula is C29H28N2O9. The Morgan fingerprint density at radius 3 is 2.45 bits per heavy atom. The third kappa shape index (κ3) is 3.58. The van der Waals surface area contributed by atoms with E-state index < -0.39 is 58.0 Å². The molecule has 0 radical (unpaired) electrons. The lowest BCUT2D eigenvalue weighted by Crippen LogP contribution is -2.63. The summed E-state index contributed by atoms with van der Waals surface area (Å²) >= 11 is 0. The molecule has 11 nitrogen and oxygen atoms in total. The minimum Gasteiger partial charge on any atom is -0.510 e. The number of aromatic hydroxyl groups is 1. The molecule has 0 saturated carbocycles. The summed E-state index contributed by atoms with van der Waals surface area (Å²) in [7, 11) is 4.57. The molecule has 0 heterocycles. The molecule has 4 atom stereocenters. The molecule has 3 aliphatic rings. The molecule has 0 fully saturated rings. The maximum Gasteiger partial charge on any atom is 0.255 e. The Bertz CT molecular complexity index is 1570. The molecule has 0 aromatic heterocycles. The number of hydrogen-bond acceptors (Lipinski definition) is 10. The number of nitrogens with two attached hydrogens (primary N) is 1. The molecule has 6 N–H and O–H groups in total. The fourth-order valence-corrected chi connectivity index (χ4v) is 6.52. The smallest absolute Gasteiger partial charge is 0.255 e. The van der Waals surface area contributed by atoms with Crippen LogP contribution in [0.3, 0.4) is 0 Å². The zero-order chi connectivity index (χ0) is 29.3. The van der Waals surface area contributed by atoms with Crippen LogP contribution in [0.2, 0.25) is 0 Å². The molecule has 0 saturated heterocycles. The van der Waals surface area contributed by atoms with Crippen molar-refractivity contribution >= 4 is 23.8 Å². The van der Waals surface area contributed by atoms with Crippen LogP contribution < -0.4 is 10.5 Å². The second-order valence-electron chi connectivity index (χ2n) is 10.5. The van der Waals surface area contributed by atoms with E-state index in [0.29, 0.717) is 28.7 Å². The molecule has 1 amide bonds. The number of allylic oxidation sites excluding steroid dienone is 1. The first-order chi connectivity index (χ1) is 18.9. The van der Waals surface area contributed by atoms with Crippen LogP contribution in [0.15, 0.2) is 53.0 Å². The normalized spacial score (nSPS) is 25.9. The van der Waals surface area contributed by atoms with Gasteiger partial charge in [0.05, 0.1) is 24.3 Å². The van der Waals surface area contributed by atoms with Gasteiger partial charge in [0.1, 0.15) is 28.6 Å². The summed E-state index contributed by atoms with van der Waals surface area (Å²) in [5.74, 6) is -6.75. The Hall–Kier alpha value is -4.48. The van der Waals surface area contributed by atoms with Gasteiger partial charge in [-0.15, -0.1) is 0 Å². The van der Waals surface area contributed by atoms with Crippen molar-refractivity contribution in [3.8, 4) is 22.6 Å². The first kappa shape index (κ1) is 27.1. The van der Waals surface area contributed by atoms with Crippen LogP contribution in [0.5, 0.6) is 11.5 Å². The van der Waals surface area contributed by atoms with Gasteiger partial charge in [-0.05, 0) is 67.7 Å². The van der Waals surface area contributed by atoms with Crippen molar-refractivity contribution in [1.82, 2.24) is 4.90 Å². The van der Waals surface area contributed by atoms with E-state index >= 15 is 0 Å². The van der Waals surface area contributed by atoms with E-state index in [9.17, 15) is 39.6 Å². The predicted octanol–water partition coefficient (Wildman–Crippen LogP) is 1.61. The second-order valence-corrected chi connectivity index (χ2v) is 10.5. The number of Topliss-reactive ketones (excluding diaryl/α,β-unsaturated/α-hetero) is 2. The van der Waals surface area contributed by atoms with E-state index in [1.807, 2.05) is 0 Å². The Morgan fingerprint density at radius 2 is 1.85 bits per heavy atom. The van der Waals surface area contributed by atoms with E-state index in [-0.39, 0.29) is 35.3 Å². The average Bonchev–Trinajstić information content (AvgIpc) is 2.90. The number of aliphatic hydroxyl groups excluding tert-OH is 2. The second kappa shape index (κ2) is 9.32. The number of methoxy groups -OCH3 is 1. The quantitative estimate of drug-likeness (QED) is 0.271. The van der Waals surface area contributed by atoms with Gasteiger partial charge in [-0.25, -0.2) is 0 Å². The number of phenols is 1. The summed E-state index contributed by atoms with van der Waals surface area (Å²) in [6.45, 7) is 0. The maximum absolute atomic E-state index is 13.9. The molecule has 40 heavy (non-hydrogen) atoms.